The summed E-state index contributed by atoms with van der Waals surface area (Å²) < 4.78 is 65.6. The summed E-state index contributed by atoms with van der Waals surface area (Å²) in [5.41, 5.74) is 7.12. The zero-order chi connectivity index (χ0) is 27.0. The van der Waals surface area contributed by atoms with Gasteiger partial charge in [-0.05, 0) is 61.9 Å². The average molecular weight is 539 g/mol. The topological polar surface area (TPSA) is 128 Å². The van der Waals surface area contributed by atoms with Crippen molar-refractivity contribution in [3.8, 4) is 0 Å². The van der Waals surface area contributed by atoms with Crippen LogP contribution < -0.4 is 5.73 Å². The van der Waals surface area contributed by atoms with Crippen LogP contribution in [-0.2, 0) is 16.3 Å². The summed E-state index contributed by atoms with van der Waals surface area (Å²) in [5, 5.41) is 10.4. The van der Waals surface area contributed by atoms with E-state index in [1.807, 2.05) is 0 Å². The van der Waals surface area contributed by atoms with Gasteiger partial charge in [-0.2, -0.15) is 13.2 Å². The van der Waals surface area contributed by atoms with Gasteiger partial charge in [0.25, 0.3) is 0 Å². The van der Waals surface area contributed by atoms with E-state index in [1.165, 1.54) is 31.3 Å². The number of carbonyl (C=O) groups is 1. The lowest BCUT2D eigenvalue weighted by atomic mass is 9.80. The summed E-state index contributed by atoms with van der Waals surface area (Å²) in [4.78, 5) is 20.8. The van der Waals surface area contributed by atoms with Crippen LogP contribution in [0.3, 0.4) is 0 Å². The van der Waals surface area contributed by atoms with Crippen LogP contribution in [0.2, 0.25) is 0 Å². The van der Waals surface area contributed by atoms with Gasteiger partial charge in [0.2, 0.25) is 5.91 Å². The third-order valence-electron chi connectivity index (χ3n) is 7.15. The quantitative estimate of drug-likeness (QED) is 0.449. The van der Waals surface area contributed by atoms with E-state index in [-0.39, 0.29) is 41.6 Å². The zero-order valence-corrected chi connectivity index (χ0v) is 21.1. The summed E-state index contributed by atoms with van der Waals surface area (Å²) in [6, 6.07) is 6.98. The van der Waals surface area contributed by atoms with Crippen LogP contribution in [-0.4, -0.2) is 52.5 Å². The zero-order valence-electron chi connectivity index (χ0n) is 20.3. The molecule has 0 saturated heterocycles. The Balaban J connectivity index is 1.72. The molecule has 1 amide bonds. The Labute approximate surface area is 212 Å². The van der Waals surface area contributed by atoms with Crippen LogP contribution in [0.25, 0.3) is 11.0 Å². The van der Waals surface area contributed by atoms with Crippen molar-refractivity contribution in [2.24, 2.45) is 17.6 Å². The summed E-state index contributed by atoms with van der Waals surface area (Å²) >= 11 is 0. The molecule has 0 spiro atoms. The fourth-order valence-corrected chi connectivity index (χ4v) is 5.81. The number of benzene rings is 1. The minimum Gasteiger partial charge on any atom is -0.394 e. The molecular formula is C25H29F3N4O4S. The van der Waals surface area contributed by atoms with Crippen LogP contribution in [0.1, 0.15) is 60.5 Å². The molecule has 4 rings (SSSR count). The lowest BCUT2D eigenvalue weighted by Gasteiger charge is -2.30. The minimum absolute atomic E-state index is 0.0332. The second-order valence-corrected chi connectivity index (χ2v) is 11.7. The first-order valence-electron chi connectivity index (χ1n) is 12.1. The SMILES string of the molecule is CCS(=O)(=O)c1ccc([C@@H](CO)n2c(CC3CCC(C(F)(F)F)CC3)nc3cc(C(N)=O)ccc32)nc1. The number of imidazole rings is 1. The van der Waals surface area contributed by atoms with Crippen molar-refractivity contribution in [3.05, 3.63) is 53.6 Å². The molecule has 1 aliphatic carbocycles. The van der Waals surface area contributed by atoms with E-state index in [9.17, 15) is 31.5 Å². The van der Waals surface area contributed by atoms with E-state index in [0.29, 0.717) is 41.8 Å². The highest BCUT2D eigenvalue weighted by Gasteiger charge is 2.41. The number of rotatable bonds is 8. The highest BCUT2D eigenvalue weighted by Crippen LogP contribution is 2.41. The monoisotopic (exact) mass is 538 g/mol. The van der Waals surface area contributed by atoms with Crippen molar-refractivity contribution in [2.45, 2.75) is 56.1 Å². The number of alkyl halides is 3. The molecule has 1 atom stereocenters. The fourth-order valence-electron chi connectivity index (χ4n) is 4.99. The number of aromatic nitrogens is 3. The van der Waals surface area contributed by atoms with E-state index in [0.717, 1.165) is 0 Å². The van der Waals surface area contributed by atoms with Gasteiger partial charge in [0.15, 0.2) is 9.84 Å². The third kappa shape index (κ3) is 5.64. The van der Waals surface area contributed by atoms with Gasteiger partial charge < -0.3 is 15.4 Å². The number of pyridine rings is 1. The maximum atomic E-state index is 13.1. The summed E-state index contributed by atoms with van der Waals surface area (Å²) in [6.45, 7) is 1.15. The van der Waals surface area contributed by atoms with Gasteiger partial charge in [-0.15, -0.1) is 0 Å². The first-order valence-corrected chi connectivity index (χ1v) is 13.8. The van der Waals surface area contributed by atoms with Crippen molar-refractivity contribution in [3.63, 3.8) is 0 Å². The molecule has 12 heteroatoms. The average Bonchev–Trinajstić information content (AvgIpc) is 3.21. The maximum Gasteiger partial charge on any atom is 0.391 e. The van der Waals surface area contributed by atoms with E-state index in [1.54, 1.807) is 16.7 Å². The molecule has 0 bridgehead atoms. The number of primary amides is 1. The van der Waals surface area contributed by atoms with Crippen molar-refractivity contribution in [1.82, 2.24) is 14.5 Å². The summed E-state index contributed by atoms with van der Waals surface area (Å²) in [5.74, 6) is -1.50. The molecule has 1 aliphatic rings. The number of sulfone groups is 1. The fraction of sp³-hybridized carbons (Fsp3) is 0.480. The van der Waals surface area contributed by atoms with Crippen LogP contribution in [0.5, 0.6) is 0 Å². The molecule has 37 heavy (non-hydrogen) atoms. The molecule has 200 valence electrons. The van der Waals surface area contributed by atoms with Gasteiger partial charge in [0.1, 0.15) is 11.9 Å². The predicted molar refractivity (Wildman–Crippen MR) is 131 cm³/mol. The minimum atomic E-state index is -4.20. The molecule has 2 heterocycles. The predicted octanol–water partition coefficient (Wildman–Crippen LogP) is 3.82. The Hall–Kier alpha value is -2.99. The molecular weight excluding hydrogens is 509 g/mol. The van der Waals surface area contributed by atoms with E-state index >= 15 is 0 Å². The van der Waals surface area contributed by atoms with Gasteiger partial charge in [-0.1, -0.05) is 6.92 Å². The van der Waals surface area contributed by atoms with Gasteiger partial charge in [-0.3, -0.25) is 9.78 Å². The summed E-state index contributed by atoms with van der Waals surface area (Å²) in [7, 11) is -3.46. The van der Waals surface area contributed by atoms with E-state index in [4.69, 9.17) is 5.73 Å². The number of aliphatic hydroxyl groups is 1. The largest absolute Gasteiger partial charge is 0.394 e. The van der Waals surface area contributed by atoms with Gasteiger partial charge in [0, 0.05) is 18.2 Å². The number of halogens is 3. The number of aliphatic hydroxyl groups excluding tert-OH is 1. The number of hydrogen-bond acceptors (Lipinski definition) is 6. The van der Waals surface area contributed by atoms with Gasteiger partial charge in [-0.25, -0.2) is 13.4 Å². The lowest BCUT2D eigenvalue weighted by molar-refractivity contribution is -0.183. The van der Waals surface area contributed by atoms with E-state index in [2.05, 4.69) is 9.97 Å². The molecule has 3 aromatic rings. The maximum absolute atomic E-state index is 13.1. The molecule has 1 aromatic carbocycles. The Kier molecular flexibility index (Phi) is 7.61. The highest BCUT2D eigenvalue weighted by atomic mass is 32.2. The molecule has 0 unspecified atom stereocenters. The first kappa shape index (κ1) is 27.1. The van der Waals surface area contributed by atoms with Crippen LogP contribution >= 0.6 is 0 Å². The number of fused-ring (bicyclic) bond motifs is 1. The van der Waals surface area contributed by atoms with Crippen molar-refractivity contribution < 1.29 is 31.5 Å². The molecule has 8 nitrogen and oxygen atoms in total. The van der Waals surface area contributed by atoms with Crippen LogP contribution in [0, 0.1) is 11.8 Å². The van der Waals surface area contributed by atoms with Gasteiger partial charge >= 0.3 is 6.18 Å². The highest BCUT2D eigenvalue weighted by molar-refractivity contribution is 7.91. The summed E-state index contributed by atoms with van der Waals surface area (Å²) in [6.07, 6.45) is -1.67. The molecule has 2 aromatic heterocycles. The molecule has 0 radical (unpaired) electrons. The number of hydrogen-bond donors (Lipinski definition) is 2. The van der Waals surface area contributed by atoms with Crippen LogP contribution in [0.4, 0.5) is 13.2 Å². The number of carbonyl (C=O) groups excluding carboxylic acids is 1. The van der Waals surface area contributed by atoms with Gasteiger partial charge in [0.05, 0.1) is 39.9 Å². The lowest BCUT2D eigenvalue weighted by Crippen LogP contribution is -2.29. The second kappa shape index (κ2) is 10.4. The number of nitrogens with two attached hydrogens (primary N) is 1. The first-order chi connectivity index (χ1) is 17.4. The Morgan fingerprint density at radius 2 is 1.89 bits per heavy atom. The van der Waals surface area contributed by atoms with Crippen LogP contribution in [0.15, 0.2) is 41.4 Å². The molecule has 1 saturated carbocycles. The standard InChI is InChI=1S/C25H29F3N4O4S/c1-2-37(35,36)18-8-9-19(30-13-18)22(14-33)32-21-10-5-16(24(29)34)12-20(21)31-23(32)11-15-3-6-17(7-4-15)25(26,27)28/h5,8-10,12-13,15,17,22,33H,2-4,6-7,11,14H2,1H3,(H2,29,34)/t15?,17?,22-/m1/s1. The van der Waals surface area contributed by atoms with Crippen molar-refractivity contribution in [1.29, 1.82) is 0 Å². The molecule has 3 N–H and O–H groups in total. The molecule has 0 aliphatic heterocycles. The Morgan fingerprint density at radius 3 is 2.43 bits per heavy atom. The third-order valence-corrected chi connectivity index (χ3v) is 8.87. The number of nitrogens with zero attached hydrogens (tertiary/aromatic N) is 3. The van der Waals surface area contributed by atoms with Crippen molar-refractivity contribution in [2.75, 3.05) is 12.4 Å². The number of amides is 1. The Morgan fingerprint density at radius 1 is 1.19 bits per heavy atom. The van der Waals surface area contributed by atoms with E-state index < -0.39 is 33.9 Å². The Bertz CT molecular complexity index is 1380. The molecule has 1 fully saturated rings. The normalized spacial score (nSPS) is 19.7. The smallest absolute Gasteiger partial charge is 0.391 e. The van der Waals surface area contributed by atoms with Crippen molar-refractivity contribution >= 4 is 26.8 Å². The second-order valence-electron chi connectivity index (χ2n) is 9.45.